The largest absolute Gasteiger partial charge is 0.430 e. The summed E-state index contributed by atoms with van der Waals surface area (Å²) in [5, 5.41) is 7.88. The summed E-state index contributed by atoms with van der Waals surface area (Å²) >= 11 is 0. The van der Waals surface area contributed by atoms with E-state index in [9.17, 15) is 0 Å². The van der Waals surface area contributed by atoms with Gasteiger partial charge in [0.1, 0.15) is 0 Å². The Labute approximate surface area is 494 Å². The van der Waals surface area contributed by atoms with Crippen LogP contribution in [0, 0.1) is 0 Å². The molecule has 19 heteroatoms. The SMILES string of the molecule is C[Si](C)(C)O[Si](O[Si](O[Si](C)(C)O[Si](C)(C)O[Si](C)(C)O[Si](C)(C)O[Si](O[Si](O[Si](C)(C)C)(c1ccccc1)c1ccccc1)(c1ccccc1)c1ccccc1)(c1ccccc1)c1ccccc1)(c1ccccc1)c1ccccc1. The van der Waals surface area contributed by atoms with Gasteiger partial charge in [0.15, 0.2) is 16.6 Å². The van der Waals surface area contributed by atoms with Crippen LogP contribution in [0.1, 0.15) is 0 Å². The van der Waals surface area contributed by atoms with Gasteiger partial charge < -0.3 is 37.0 Å². The first-order valence-corrected chi connectivity index (χ1v) is 53.3. The highest BCUT2D eigenvalue weighted by Crippen LogP contribution is 2.32. The van der Waals surface area contributed by atoms with Crippen LogP contribution in [0.25, 0.3) is 0 Å². The van der Waals surface area contributed by atoms with E-state index in [4.69, 9.17) is 37.0 Å². The predicted octanol–water partition coefficient (Wildman–Crippen LogP) is 10.6. The van der Waals surface area contributed by atoms with Gasteiger partial charge in [0.2, 0.25) is 0 Å². The molecule has 0 fully saturated rings. The molecule has 0 aliphatic carbocycles. The summed E-state index contributed by atoms with van der Waals surface area (Å²) in [5.41, 5.74) is 0. The number of rotatable bonds is 26. The molecule has 9 nitrogen and oxygen atoms in total. The molecule has 0 spiro atoms. The standard InChI is InChI=1S/C62H82O9Si10/c1-72(2,3)63-78(55-39-23-15-24-40-55,56-41-25-16-26-42-56)70-80(59-47-31-19-32-48-59,60-49-33-20-34-50-60)68-76(11,12)66-74(7,8)65-75(9,10)67-77(13,14)69-81(61-51-35-21-36-52-61,62-53-37-22-38-54-62)71-79(64-73(4,5)6,57-43-27-17-28-44-57)58-45-29-18-30-46-58/h15-54H,1-14H3. The van der Waals surface area contributed by atoms with Gasteiger partial charge >= 0.3 is 68.5 Å². The summed E-state index contributed by atoms with van der Waals surface area (Å²) in [6.07, 6.45) is 0. The normalized spacial score (nSPS) is 13.5. The van der Waals surface area contributed by atoms with Crippen LogP contribution in [0.15, 0.2) is 243 Å². The fourth-order valence-corrected chi connectivity index (χ4v) is 58.9. The van der Waals surface area contributed by atoms with E-state index >= 15 is 0 Å². The molecule has 0 heterocycles. The van der Waals surface area contributed by atoms with Crippen LogP contribution < -0.4 is 41.5 Å². The monoisotopic (exact) mass is 1250 g/mol. The highest BCUT2D eigenvalue weighted by atomic mass is 28.5. The molecule has 8 aromatic carbocycles. The number of benzene rings is 8. The molecule has 0 saturated carbocycles. The predicted molar refractivity (Wildman–Crippen MR) is 358 cm³/mol. The average Bonchev–Trinajstić information content (AvgIpc) is 3.62. The fourth-order valence-electron chi connectivity index (χ4n) is 10.8. The van der Waals surface area contributed by atoms with E-state index in [0.29, 0.717) is 0 Å². The molecule has 8 rings (SSSR count). The van der Waals surface area contributed by atoms with Crippen molar-refractivity contribution in [2.24, 2.45) is 0 Å². The topological polar surface area (TPSA) is 83.1 Å². The molecule has 0 aliphatic rings. The zero-order valence-electron chi connectivity index (χ0n) is 49.8. The van der Waals surface area contributed by atoms with Crippen LogP contribution in [0.2, 0.25) is 91.7 Å². The summed E-state index contributed by atoms with van der Waals surface area (Å²) < 4.78 is 70.3. The van der Waals surface area contributed by atoms with Crippen molar-refractivity contribution in [3.8, 4) is 0 Å². The van der Waals surface area contributed by atoms with Gasteiger partial charge in [-0.15, -0.1) is 0 Å². The van der Waals surface area contributed by atoms with Gasteiger partial charge in [-0.1, -0.05) is 243 Å². The highest BCUT2D eigenvalue weighted by molar-refractivity contribution is 7.10. The van der Waals surface area contributed by atoms with Crippen LogP contribution in [-0.4, -0.2) is 85.1 Å². The van der Waals surface area contributed by atoms with Crippen molar-refractivity contribution in [1.82, 2.24) is 0 Å². The van der Waals surface area contributed by atoms with Crippen molar-refractivity contribution in [1.29, 1.82) is 0 Å². The van der Waals surface area contributed by atoms with Gasteiger partial charge in [-0.25, -0.2) is 0 Å². The van der Waals surface area contributed by atoms with Gasteiger partial charge in [0.05, 0.1) is 0 Å². The van der Waals surface area contributed by atoms with E-state index in [1.54, 1.807) is 0 Å². The van der Waals surface area contributed by atoms with Crippen molar-refractivity contribution >= 4 is 127 Å². The zero-order chi connectivity index (χ0) is 58.3. The summed E-state index contributed by atoms with van der Waals surface area (Å²) in [7, 11) is -32.7. The molecular weight excluding hydrogens is 1170 g/mol. The molecule has 0 N–H and O–H groups in total. The second kappa shape index (κ2) is 25.4. The molecule has 0 bridgehead atoms. The summed E-state index contributed by atoms with van der Waals surface area (Å²) in [5.74, 6) is 0. The molecule has 0 unspecified atom stereocenters. The van der Waals surface area contributed by atoms with Crippen molar-refractivity contribution in [3.63, 3.8) is 0 Å². The van der Waals surface area contributed by atoms with Gasteiger partial charge in [0.25, 0.3) is 0 Å². The van der Waals surface area contributed by atoms with Gasteiger partial charge in [-0.05, 0) is 133 Å². The Morgan fingerprint density at radius 2 is 0.296 bits per heavy atom. The zero-order valence-corrected chi connectivity index (χ0v) is 59.8. The Kier molecular flexibility index (Phi) is 19.6. The Morgan fingerprint density at radius 1 is 0.160 bits per heavy atom. The van der Waals surface area contributed by atoms with E-state index in [0.717, 1.165) is 41.5 Å². The lowest BCUT2D eigenvalue weighted by atomic mass is 10.4. The lowest BCUT2D eigenvalue weighted by Gasteiger charge is -2.48. The van der Waals surface area contributed by atoms with E-state index in [-0.39, 0.29) is 0 Å². The first-order chi connectivity index (χ1) is 38.2. The van der Waals surface area contributed by atoms with Crippen LogP contribution >= 0.6 is 0 Å². The lowest BCUT2D eigenvalue weighted by Crippen LogP contribution is -2.78. The van der Waals surface area contributed by atoms with Crippen molar-refractivity contribution < 1.29 is 37.0 Å². The molecule has 0 atom stereocenters. The maximum absolute atomic E-state index is 8.26. The minimum Gasteiger partial charge on any atom is -0.430 e. The maximum Gasteiger partial charge on any atom is 0.389 e. The summed E-state index contributed by atoms with van der Waals surface area (Å²) in [6, 6.07) is 83.9. The minimum atomic E-state index is -3.84. The molecule has 0 amide bonds. The Balaban J connectivity index is 1.19. The van der Waals surface area contributed by atoms with Gasteiger partial charge in [-0.2, -0.15) is 0 Å². The second-order valence-corrected chi connectivity index (χ2v) is 60.7. The number of hydrogen-bond donors (Lipinski definition) is 0. The molecule has 81 heavy (non-hydrogen) atoms. The molecular formula is C62H82O9Si10. The van der Waals surface area contributed by atoms with E-state index in [1.165, 1.54) is 0 Å². The number of hydrogen-bond acceptors (Lipinski definition) is 9. The smallest absolute Gasteiger partial charge is 0.389 e. The van der Waals surface area contributed by atoms with Gasteiger partial charge in [0, 0.05) is 0 Å². The molecule has 8 aromatic rings. The van der Waals surface area contributed by atoms with Crippen LogP contribution in [-0.2, 0) is 37.0 Å². The third kappa shape index (κ3) is 15.7. The summed E-state index contributed by atoms with van der Waals surface area (Å²) in [6.45, 7) is 30.4. The molecule has 0 saturated heterocycles. The first kappa shape index (κ1) is 62.6. The molecule has 0 aromatic heterocycles. The Morgan fingerprint density at radius 3 is 0.444 bits per heavy atom. The van der Waals surface area contributed by atoms with E-state index in [2.05, 4.69) is 286 Å². The second-order valence-electron chi connectivity index (χ2n) is 24.1. The maximum atomic E-state index is 8.26. The van der Waals surface area contributed by atoms with E-state index < -0.39 is 85.1 Å². The van der Waals surface area contributed by atoms with Crippen LogP contribution in [0.4, 0.5) is 0 Å². The Bertz CT molecular complexity index is 2840. The molecule has 0 radical (unpaired) electrons. The average molecular weight is 1250 g/mol. The minimum absolute atomic E-state index is 0.958. The third-order valence-electron chi connectivity index (χ3n) is 13.0. The van der Waals surface area contributed by atoms with Crippen molar-refractivity contribution in [3.05, 3.63) is 243 Å². The first-order valence-electron chi connectivity index (χ1n) is 28.0. The fraction of sp³-hybridized carbons (Fsp3) is 0.226. The Hall–Kier alpha value is -4.43. The van der Waals surface area contributed by atoms with Crippen molar-refractivity contribution in [2.45, 2.75) is 91.7 Å². The van der Waals surface area contributed by atoms with Crippen LogP contribution in [0.3, 0.4) is 0 Å². The van der Waals surface area contributed by atoms with Crippen molar-refractivity contribution in [2.75, 3.05) is 0 Å². The van der Waals surface area contributed by atoms with Crippen LogP contribution in [0.5, 0.6) is 0 Å². The summed E-state index contributed by atoms with van der Waals surface area (Å²) in [4.78, 5) is 0. The quantitative estimate of drug-likeness (QED) is 0.0493. The molecule has 424 valence electrons. The lowest BCUT2D eigenvalue weighted by molar-refractivity contribution is 0.264. The van der Waals surface area contributed by atoms with Gasteiger partial charge in [-0.3, -0.25) is 0 Å². The molecule has 0 aliphatic heterocycles. The van der Waals surface area contributed by atoms with E-state index in [1.807, 2.05) is 48.5 Å². The highest BCUT2D eigenvalue weighted by Gasteiger charge is 2.61. The third-order valence-corrected chi connectivity index (χ3v) is 51.5.